The van der Waals surface area contributed by atoms with Crippen molar-refractivity contribution in [3.63, 3.8) is 0 Å². The van der Waals surface area contributed by atoms with E-state index in [0.717, 1.165) is 38.5 Å². The van der Waals surface area contributed by atoms with Gasteiger partial charge in [-0.3, -0.25) is 19.4 Å². The molecule has 1 saturated heterocycles. The van der Waals surface area contributed by atoms with Gasteiger partial charge in [-0.15, -0.1) is 11.3 Å². The summed E-state index contributed by atoms with van der Waals surface area (Å²) in [4.78, 5) is 28.0. The number of benzene rings is 1. The van der Waals surface area contributed by atoms with Crippen LogP contribution in [0.25, 0.3) is 0 Å². The standard InChI is InChI=1S/C19H24N4O3S/c20-18(25)16-6-13-27-19(16)21-17(24)14-23-9-7-22(8-10-23)11-12-26-15-4-2-1-3-5-15/h1-6,13H,7-12,14H2,(H2,20,25)(H,21,24). The second-order valence-electron chi connectivity index (χ2n) is 6.36. The molecule has 1 aromatic heterocycles. The van der Waals surface area contributed by atoms with Gasteiger partial charge in [0.15, 0.2) is 0 Å². The van der Waals surface area contributed by atoms with Gasteiger partial charge in [0, 0.05) is 32.7 Å². The zero-order chi connectivity index (χ0) is 19.1. The molecule has 27 heavy (non-hydrogen) atoms. The van der Waals surface area contributed by atoms with E-state index in [2.05, 4.69) is 15.1 Å². The molecule has 1 aliphatic rings. The van der Waals surface area contributed by atoms with Gasteiger partial charge in [-0.1, -0.05) is 18.2 Å². The number of ether oxygens (including phenoxy) is 1. The van der Waals surface area contributed by atoms with Crippen molar-refractivity contribution in [1.29, 1.82) is 0 Å². The number of hydrogen-bond donors (Lipinski definition) is 2. The van der Waals surface area contributed by atoms with E-state index in [9.17, 15) is 9.59 Å². The molecule has 2 amide bonds. The van der Waals surface area contributed by atoms with Gasteiger partial charge in [0.25, 0.3) is 5.91 Å². The average Bonchev–Trinajstić information content (AvgIpc) is 3.12. The minimum Gasteiger partial charge on any atom is -0.492 e. The highest BCUT2D eigenvalue weighted by Crippen LogP contribution is 2.22. The molecule has 1 aromatic carbocycles. The summed E-state index contributed by atoms with van der Waals surface area (Å²) >= 11 is 1.30. The maximum Gasteiger partial charge on any atom is 0.251 e. The summed E-state index contributed by atoms with van der Waals surface area (Å²) in [5, 5.41) is 5.05. The van der Waals surface area contributed by atoms with Crippen molar-refractivity contribution in [2.24, 2.45) is 5.73 Å². The quantitative estimate of drug-likeness (QED) is 0.715. The van der Waals surface area contributed by atoms with Crippen molar-refractivity contribution in [2.75, 3.05) is 51.2 Å². The highest BCUT2D eigenvalue weighted by Gasteiger charge is 2.20. The third-order valence-corrected chi connectivity index (χ3v) is 5.27. The van der Waals surface area contributed by atoms with Crippen molar-refractivity contribution in [3.8, 4) is 5.75 Å². The first-order chi connectivity index (χ1) is 13.1. The van der Waals surface area contributed by atoms with E-state index in [0.29, 0.717) is 23.7 Å². The maximum atomic E-state index is 12.2. The van der Waals surface area contributed by atoms with E-state index in [1.807, 2.05) is 30.3 Å². The molecule has 0 aliphatic carbocycles. The van der Waals surface area contributed by atoms with E-state index in [1.165, 1.54) is 11.3 Å². The van der Waals surface area contributed by atoms with Crippen LogP contribution in [0.3, 0.4) is 0 Å². The first-order valence-corrected chi connectivity index (χ1v) is 9.79. The zero-order valence-corrected chi connectivity index (χ0v) is 15.9. The van der Waals surface area contributed by atoms with Crippen molar-refractivity contribution in [3.05, 3.63) is 47.3 Å². The van der Waals surface area contributed by atoms with Crippen LogP contribution in [0.1, 0.15) is 10.4 Å². The van der Waals surface area contributed by atoms with Gasteiger partial charge < -0.3 is 15.8 Å². The number of hydrogen-bond acceptors (Lipinski definition) is 6. The first-order valence-electron chi connectivity index (χ1n) is 8.91. The SMILES string of the molecule is NC(=O)c1ccsc1NC(=O)CN1CCN(CCOc2ccccc2)CC1. The van der Waals surface area contributed by atoms with E-state index < -0.39 is 5.91 Å². The largest absolute Gasteiger partial charge is 0.492 e. The lowest BCUT2D eigenvalue weighted by Gasteiger charge is -2.34. The Balaban J connectivity index is 1.36. The fourth-order valence-electron chi connectivity index (χ4n) is 2.95. The fourth-order valence-corrected chi connectivity index (χ4v) is 3.76. The van der Waals surface area contributed by atoms with Crippen LogP contribution >= 0.6 is 11.3 Å². The molecule has 0 saturated carbocycles. The third-order valence-electron chi connectivity index (χ3n) is 4.44. The number of para-hydroxylation sites is 1. The van der Waals surface area contributed by atoms with Crippen molar-refractivity contribution in [2.45, 2.75) is 0 Å². The van der Waals surface area contributed by atoms with Crippen LogP contribution in [-0.2, 0) is 4.79 Å². The van der Waals surface area contributed by atoms with Crippen LogP contribution in [0, 0.1) is 0 Å². The minimum atomic E-state index is -0.530. The molecule has 0 radical (unpaired) electrons. The number of carbonyl (C=O) groups is 2. The molecule has 3 N–H and O–H groups in total. The Bertz CT molecular complexity index is 757. The Hall–Kier alpha value is -2.42. The molecule has 0 bridgehead atoms. The lowest BCUT2D eigenvalue weighted by Crippen LogP contribution is -2.49. The molecule has 1 fully saturated rings. The normalized spacial score (nSPS) is 15.4. The van der Waals surface area contributed by atoms with Gasteiger partial charge in [0.05, 0.1) is 12.1 Å². The summed E-state index contributed by atoms with van der Waals surface area (Å²) in [6.45, 7) is 5.28. The summed E-state index contributed by atoms with van der Waals surface area (Å²) in [5.74, 6) is 0.232. The Kier molecular flexibility index (Phi) is 6.80. The molecular weight excluding hydrogens is 364 g/mol. The highest BCUT2D eigenvalue weighted by atomic mass is 32.1. The van der Waals surface area contributed by atoms with Crippen LogP contribution in [0.15, 0.2) is 41.8 Å². The summed E-state index contributed by atoms with van der Waals surface area (Å²) in [6.07, 6.45) is 0. The lowest BCUT2D eigenvalue weighted by molar-refractivity contribution is -0.117. The number of nitrogens with two attached hydrogens (primary N) is 1. The predicted molar refractivity (Wildman–Crippen MR) is 106 cm³/mol. The van der Waals surface area contributed by atoms with Gasteiger partial charge in [-0.25, -0.2) is 0 Å². The first kappa shape index (κ1) is 19.3. The molecule has 8 heteroatoms. The molecule has 7 nitrogen and oxygen atoms in total. The lowest BCUT2D eigenvalue weighted by atomic mass is 10.3. The van der Waals surface area contributed by atoms with Crippen LogP contribution in [0.5, 0.6) is 5.75 Å². The molecule has 0 atom stereocenters. The molecule has 1 aliphatic heterocycles. The fraction of sp³-hybridized carbons (Fsp3) is 0.368. The minimum absolute atomic E-state index is 0.124. The van der Waals surface area contributed by atoms with Gasteiger partial charge >= 0.3 is 0 Å². The number of carbonyl (C=O) groups excluding carboxylic acids is 2. The molecule has 0 spiro atoms. The number of primary amides is 1. The summed E-state index contributed by atoms with van der Waals surface area (Å²) < 4.78 is 5.73. The number of anilines is 1. The molecule has 2 heterocycles. The van der Waals surface area contributed by atoms with Crippen molar-refractivity contribution in [1.82, 2.24) is 9.80 Å². The second kappa shape index (κ2) is 9.50. The number of piperazine rings is 1. The van der Waals surface area contributed by atoms with Crippen LogP contribution in [0.2, 0.25) is 0 Å². The summed E-state index contributed by atoms with van der Waals surface area (Å²) in [7, 11) is 0. The number of thiophene rings is 1. The molecule has 0 unspecified atom stereocenters. The third kappa shape index (κ3) is 5.78. The second-order valence-corrected chi connectivity index (χ2v) is 7.27. The Labute approximate surface area is 162 Å². The van der Waals surface area contributed by atoms with Crippen LogP contribution in [-0.4, -0.2) is 67.5 Å². The zero-order valence-electron chi connectivity index (χ0n) is 15.1. The summed E-state index contributed by atoms with van der Waals surface area (Å²) in [6, 6.07) is 11.4. The number of nitrogens with zero attached hydrogens (tertiary/aromatic N) is 2. The number of rotatable bonds is 8. The van der Waals surface area contributed by atoms with Gasteiger partial charge in [0.2, 0.25) is 5.91 Å². The van der Waals surface area contributed by atoms with Gasteiger partial charge in [-0.2, -0.15) is 0 Å². The van der Waals surface area contributed by atoms with Gasteiger partial charge in [-0.05, 0) is 23.6 Å². The molecular formula is C19H24N4O3S. The van der Waals surface area contributed by atoms with E-state index in [-0.39, 0.29) is 5.91 Å². The predicted octanol–water partition coefficient (Wildman–Crippen LogP) is 1.48. The average molecular weight is 388 g/mol. The highest BCUT2D eigenvalue weighted by molar-refractivity contribution is 7.14. The Morgan fingerprint density at radius 2 is 1.78 bits per heavy atom. The van der Waals surface area contributed by atoms with E-state index in [1.54, 1.807) is 11.4 Å². The van der Waals surface area contributed by atoms with Crippen LogP contribution in [0.4, 0.5) is 5.00 Å². The monoisotopic (exact) mass is 388 g/mol. The molecule has 2 aromatic rings. The van der Waals surface area contributed by atoms with Crippen molar-refractivity contribution < 1.29 is 14.3 Å². The summed E-state index contributed by atoms with van der Waals surface area (Å²) in [5.41, 5.74) is 5.66. The van der Waals surface area contributed by atoms with Crippen LogP contribution < -0.4 is 15.8 Å². The Morgan fingerprint density at radius 3 is 2.48 bits per heavy atom. The van der Waals surface area contributed by atoms with Gasteiger partial charge in [0.1, 0.15) is 17.4 Å². The van der Waals surface area contributed by atoms with Crippen molar-refractivity contribution >= 4 is 28.2 Å². The van der Waals surface area contributed by atoms with E-state index >= 15 is 0 Å². The van der Waals surface area contributed by atoms with E-state index in [4.69, 9.17) is 10.5 Å². The maximum absolute atomic E-state index is 12.2. The smallest absolute Gasteiger partial charge is 0.251 e. The number of nitrogens with one attached hydrogen (secondary N) is 1. The topological polar surface area (TPSA) is 87.9 Å². The molecule has 144 valence electrons. The Morgan fingerprint density at radius 1 is 1.07 bits per heavy atom. The molecule has 3 rings (SSSR count). The number of amides is 2.